The summed E-state index contributed by atoms with van der Waals surface area (Å²) in [6.45, 7) is 0.588. The maximum atomic E-state index is 12.8. The molecule has 1 atom stereocenters. The smallest absolute Gasteiger partial charge is 0.221 e. The van der Waals surface area contributed by atoms with Crippen molar-refractivity contribution in [1.29, 1.82) is 0 Å². The molecule has 0 bridgehead atoms. The number of carbonyl (C=O) groups excluding carboxylic acids is 1. The summed E-state index contributed by atoms with van der Waals surface area (Å²) >= 11 is 1.46. The van der Waals surface area contributed by atoms with Crippen molar-refractivity contribution in [3.05, 3.63) is 90.0 Å². The standard InChI is InChI=1S/C27H28N4O3S/c1-33-22-12-8-20(9-13-22)24(18-25(32)28-17-16-19-6-4-3-5-7-19)35-27-29-26(30-31-27)21-10-14-23(34-2)15-11-21/h3-15,24H,16-18H2,1-2H3,(H,28,32)(H,29,30,31)/t24-/m0/s1. The zero-order valence-corrected chi connectivity index (χ0v) is 20.5. The van der Waals surface area contributed by atoms with Gasteiger partial charge in [0.05, 0.1) is 14.2 Å². The molecule has 8 heteroatoms. The molecule has 0 aliphatic heterocycles. The summed E-state index contributed by atoms with van der Waals surface area (Å²) < 4.78 is 10.5. The van der Waals surface area contributed by atoms with E-state index < -0.39 is 0 Å². The molecule has 4 rings (SSSR count). The number of H-pyrrole nitrogens is 1. The zero-order valence-electron chi connectivity index (χ0n) is 19.7. The Balaban J connectivity index is 1.44. The molecule has 7 nitrogen and oxygen atoms in total. The highest BCUT2D eigenvalue weighted by Crippen LogP contribution is 2.37. The normalized spacial score (nSPS) is 11.6. The van der Waals surface area contributed by atoms with Gasteiger partial charge in [0, 0.05) is 23.8 Å². The third kappa shape index (κ3) is 6.86. The topological polar surface area (TPSA) is 89.1 Å². The Morgan fingerprint density at radius 3 is 2.26 bits per heavy atom. The van der Waals surface area contributed by atoms with E-state index in [-0.39, 0.29) is 11.2 Å². The molecular formula is C27H28N4O3S. The van der Waals surface area contributed by atoms with E-state index in [9.17, 15) is 4.79 Å². The van der Waals surface area contributed by atoms with E-state index in [1.165, 1.54) is 17.3 Å². The van der Waals surface area contributed by atoms with Crippen LogP contribution in [0.25, 0.3) is 11.4 Å². The van der Waals surface area contributed by atoms with E-state index in [1.54, 1.807) is 14.2 Å². The van der Waals surface area contributed by atoms with Crippen LogP contribution in [-0.2, 0) is 11.2 Å². The molecule has 1 aromatic heterocycles. The predicted molar refractivity (Wildman–Crippen MR) is 138 cm³/mol. The molecule has 0 saturated heterocycles. The highest BCUT2D eigenvalue weighted by atomic mass is 32.2. The van der Waals surface area contributed by atoms with E-state index in [0.29, 0.717) is 23.9 Å². The second-order valence-electron chi connectivity index (χ2n) is 7.86. The Labute approximate surface area is 209 Å². The van der Waals surface area contributed by atoms with Crippen LogP contribution in [0, 0.1) is 0 Å². The van der Waals surface area contributed by atoms with Crippen LogP contribution < -0.4 is 14.8 Å². The number of hydrogen-bond acceptors (Lipinski definition) is 6. The van der Waals surface area contributed by atoms with Gasteiger partial charge in [0.1, 0.15) is 11.5 Å². The first-order valence-electron chi connectivity index (χ1n) is 11.3. The van der Waals surface area contributed by atoms with Gasteiger partial charge in [0.25, 0.3) is 0 Å². The summed E-state index contributed by atoms with van der Waals surface area (Å²) in [5.41, 5.74) is 3.11. The molecule has 1 amide bonds. The second-order valence-corrected chi connectivity index (χ2v) is 9.03. The Morgan fingerprint density at radius 2 is 1.60 bits per heavy atom. The highest BCUT2D eigenvalue weighted by Gasteiger charge is 2.20. The van der Waals surface area contributed by atoms with Gasteiger partial charge in [0.2, 0.25) is 11.1 Å². The number of hydrogen-bond donors (Lipinski definition) is 2. The lowest BCUT2D eigenvalue weighted by Gasteiger charge is -2.16. The Hall–Kier alpha value is -3.78. The molecular weight excluding hydrogens is 460 g/mol. The number of rotatable bonds is 11. The van der Waals surface area contributed by atoms with Crippen LogP contribution in [0.2, 0.25) is 0 Å². The first-order valence-corrected chi connectivity index (χ1v) is 12.2. The van der Waals surface area contributed by atoms with Gasteiger partial charge in [-0.25, -0.2) is 4.98 Å². The number of aromatic nitrogens is 3. The molecule has 0 radical (unpaired) electrons. The van der Waals surface area contributed by atoms with Crippen molar-refractivity contribution in [2.45, 2.75) is 23.2 Å². The van der Waals surface area contributed by atoms with Gasteiger partial charge < -0.3 is 14.8 Å². The molecule has 180 valence electrons. The molecule has 0 spiro atoms. The minimum Gasteiger partial charge on any atom is -0.497 e. The third-order valence-electron chi connectivity index (χ3n) is 5.51. The lowest BCUT2D eigenvalue weighted by Crippen LogP contribution is -2.26. The van der Waals surface area contributed by atoms with E-state index in [0.717, 1.165) is 29.0 Å². The molecule has 0 aliphatic rings. The highest BCUT2D eigenvalue weighted by molar-refractivity contribution is 7.99. The second kappa shape index (κ2) is 12.1. The first kappa shape index (κ1) is 24.3. The quantitative estimate of drug-likeness (QED) is 0.287. The van der Waals surface area contributed by atoms with E-state index in [1.807, 2.05) is 66.7 Å². The number of ether oxygens (including phenoxy) is 2. The molecule has 4 aromatic rings. The molecule has 2 N–H and O–H groups in total. The minimum atomic E-state index is -0.155. The van der Waals surface area contributed by atoms with Crippen molar-refractivity contribution in [2.75, 3.05) is 20.8 Å². The third-order valence-corrected chi connectivity index (χ3v) is 6.63. The number of methoxy groups -OCH3 is 2. The average molecular weight is 489 g/mol. The van der Waals surface area contributed by atoms with E-state index >= 15 is 0 Å². The zero-order chi connectivity index (χ0) is 24.5. The summed E-state index contributed by atoms with van der Waals surface area (Å²) in [4.78, 5) is 17.5. The van der Waals surface area contributed by atoms with E-state index in [2.05, 4.69) is 32.6 Å². The van der Waals surface area contributed by atoms with Gasteiger partial charge in [-0.3, -0.25) is 9.89 Å². The van der Waals surface area contributed by atoms with Gasteiger partial charge >= 0.3 is 0 Å². The SMILES string of the molecule is COc1ccc(-c2nc(S[C@@H](CC(=O)NCCc3ccccc3)c3ccc(OC)cc3)n[nH]2)cc1. The molecule has 0 saturated carbocycles. The molecule has 0 unspecified atom stereocenters. The number of amides is 1. The van der Waals surface area contributed by atoms with Gasteiger partial charge in [-0.1, -0.05) is 54.2 Å². The number of aromatic amines is 1. The summed E-state index contributed by atoms with van der Waals surface area (Å²) in [6, 6.07) is 25.5. The largest absolute Gasteiger partial charge is 0.497 e. The van der Waals surface area contributed by atoms with Crippen LogP contribution in [0.15, 0.2) is 84.0 Å². The monoisotopic (exact) mass is 488 g/mol. The maximum absolute atomic E-state index is 12.8. The summed E-state index contributed by atoms with van der Waals surface area (Å²) in [7, 11) is 3.27. The molecule has 0 fully saturated rings. The van der Waals surface area contributed by atoms with Crippen LogP contribution in [0.5, 0.6) is 11.5 Å². The number of nitrogens with one attached hydrogen (secondary N) is 2. The van der Waals surface area contributed by atoms with Crippen LogP contribution in [0.4, 0.5) is 0 Å². The fraction of sp³-hybridized carbons (Fsp3) is 0.222. The number of carbonyl (C=O) groups is 1. The van der Waals surface area contributed by atoms with Crippen molar-refractivity contribution in [2.24, 2.45) is 0 Å². The number of nitrogens with zero attached hydrogens (tertiary/aromatic N) is 2. The summed E-state index contributed by atoms with van der Waals surface area (Å²) in [6.07, 6.45) is 1.09. The fourth-order valence-corrected chi connectivity index (χ4v) is 4.61. The maximum Gasteiger partial charge on any atom is 0.221 e. The summed E-state index contributed by atoms with van der Waals surface area (Å²) in [5, 5.41) is 10.8. The Bertz CT molecular complexity index is 1210. The van der Waals surface area contributed by atoms with Crippen LogP contribution in [0.1, 0.15) is 22.8 Å². The average Bonchev–Trinajstić information content (AvgIpc) is 3.37. The first-order chi connectivity index (χ1) is 17.1. The number of benzene rings is 3. The van der Waals surface area contributed by atoms with Crippen molar-refractivity contribution < 1.29 is 14.3 Å². The van der Waals surface area contributed by atoms with Crippen molar-refractivity contribution in [1.82, 2.24) is 20.5 Å². The number of thioether (sulfide) groups is 1. The molecule has 1 heterocycles. The minimum absolute atomic E-state index is 0.0137. The Morgan fingerprint density at radius 1 is 0.943 bits per heavy atom. The lowest BCUT2D eigenvalue weighted by atomic mass is 10.1. The molecule has 0 aliphatic carbocycles. The van der Waals surface area contributed by atoms with Gasteiger partial charge in [-0.05, 0) is 53.9 Å². The fourth-order valence-electron chi connectivity index (χ4n) is 3.58. The predicted octanol–water partition coefficient (Wildman–Crippen LogP) is 5.07. The van der Waals surface area contributed by atoms with Crippen LogP contribution in [-0.4, -0.2) is 41.9 Å². The molecule has 3 aromatic carbocycles. The van der Waals surface area contributed by atoms with Crippen LogP contribution >= 0.6 is 11.8 Å². The van der Waals surface area contributed by atoms with Gasteiger partial charge in [-0.2, -0.15) is 0 Å². The van der Waals surface area contributed by atoms with Crippen molar-refractivity contribution >= 4 is 17.7 Å². The van der Waals surface area contributed by atoms with Gasteiger partial charge in [0.15, 0.2) is 5.82 Å². The van der Waals surface area contributed by atoms with Crippen LogP contribution in [0.3, 0.4) is 0 Å². The van der Waals surface area contributed by atoms with Crippen molar-refractivity contribution in [3.8, 4) is 22.9 Å². The summed E-state index contributed by atoms with van der Waals surface area (Å²) in [5.74, 6) is 2.20. The molecule has 35 heavy (non-hydrogen) atoms. The Kier molecular flexibility index (Phi) is 8.40. The van der Waals surface area contributed by atoms with E-state index in [4.69, 9.17) is 9.47 Å². The van der Waals surface area contributed by atoms with Crippen molar-refractivity contribution in [3.63, 3.8) is 0 Å². The van der Waals surface area contributed by atoms with Gasteiger partial charge in [-0.15, -0.1) is 5.10 Å². The lowest BCUT2D eigenvalue weighted by molar-refractivity contribution is -0.121.